The van der Waals surface area contributed by atoms with Gasteiger partial charge in [-0.05, 0) is 56.8 Å². The molecule has 4 atom stereocenters. The predicted molar refractivity (Wildman–Crippen MR) is 112 cm³/mol. The number of aliphatic carboxylic acids is 1. The monoisotopic (exact) mass is 410 g/mol. The minimum atomic E-state index is -0.926. The largest absolute Gasteiger partial charge is 0.481 e. The smallest absolute Gasteiger partial charge is 0.310 e. The van der Waals surface area contributed by atoms with Crippen LogP contribution < -0.4 is 0 Å². The maximum Gasteiger partial charge on any atom is 0.310 e. The molecule has 5 rings (SSSR count). The Morgan fingerprint density at radius 1 is 1.17 bits per heavy atom. The molecule has 4 aliphatic heterocycles. The summed E-state index contributed by atoms with van der Waals surface area (Å²) >= 11 is 0. The van der Waals surface area contributed by atoms with Gasteiger partial charge in [0.15, 0.2) is 0 Å². The molecule has 0 saturated carbocycles. The van der Waals surface area contributed by atoms with E-state index in [4.69, 9.17) is 4.74 Å². The molecular formula is C24H30N2O4. The van der Waals surface area contributed by atoms with E-state index < -0.39 is 29.5 Å². The second-order valence-corrected chi connectivity index (χ2v) is 9.33. The van der Waals surface area contributed by atoms with Crippen LogP contribution in [-0.4, -0.2) is 71.2 Å². The molecule has 160 valence electrons. The lowest BCUT2D eigenvalue weighted by molar-refractivity contribution is -0.148. The van der Waals surface area contributed by atoms with Gasteiger partial charge in [-0.2, -0.15) is 0 Å². The van der Waals surface area contributed by atoms with Crippen LogP contribution >= 0.6 is 0 Å². The Morgan fingerprint density at radius 2 is 1.93 bits per heavy atom. The van der Waals surface area contributed by atoms with Crippen LogP contribution in [0.4, 0.5) is 0 Å². The third-order valence-corrected chi connectivity index (χ3v) is 7.44. The number of ether oxygens (including phenoxy) is 1. The van der Waals surface area contributed by atoms with E-state index in [9.17, 15) is 14.7 Å². The van der Waals surface area contributed by atoms with E-state index in [0.29, 0.717) is 13.1 Å². The second-order valence-electron chi connectivity index (χ2n) is 9.33. The number of carboxylic acid groups (broad SMARTS) is 1. The Labute approximate surface area is 177 Å². The van der Waals surface area contributed by atoms with Crippen LogP contribution in [0.25, 0.3) is 0 Å². The maximum atomic E-state index is 12.9. The second kappa shape index (κ2) is 7.82. The third-order valence-electron chi connectivity index (χ3n) is 7.44. The molecule has 0 radical (unpaired) electrons. The highest BCUT2D eigenvalue weighted by molar-refractivity contribution is 5.90. The Balaban J connectivity index is 1.08. The van der Waals surface area contributed by atoms with Crippen molar-refractivity contribution in [2.24, 2.45) is 17.8 Å². The number of hydrogen-bond acceptors (Lipinski definition) is 4. The van der Waals surface area contributed by atoms with Gasteiger partial charge in [0, 0.05) is 6.54 Å². The number of nitrogens with zero attached hydrogens (tertiary/aromatic N) is 2. The van der Waals surface area contributed by atoms with Crippen molar-refractivity contribution in [1.29, 1.82) is 0 Å². The summed E-state index contributed by atoms with van der Waals surface area (Å²) in [7, 11) is 0. The molecule has 30 heavy (non-hydrogen) atoms. The predicted octanol–water partition coefficient (Wildman–Crippen LogP) is 2.20. The summed E-state index contributed by atoms with van der Waals surface area (Å²) in [4.78, 5) is 28.9. The molecule has 3 saturated heterocycles. The normalized spacial score (nSPS) is 33.4. The lowest BCUT2D eigenvalue weighted by Crippen LogP contribution is -2.39. The van der Waals surface area contributed by atoms with Gasteiger partial charge in [-0.15, -0.1) is 0 Å². The fourth-order valence-electron chi connectivity index (χ4n) is 5.90. The molecule has 0 aromatic heterocycles. The molecule has 1 N–H and O–H groups in total. The van der Waals surface area contributed by atoms with Crippen LogP contribution in [0.5, 0.6) is 0 Å². The van der Waals surface area contributed by atoms with Gasteiger partial charge in [-0.1, -0.05) is 42.5 Å². The standard InChI is InChI=1S/C24H30N2O4/c27-22-21-20(23(28)29)19-7-10-24(21,30-19)16-26(22)12-4-11-25-13-8-18(9-14-25)15-17-5-2-1-3-6-17/h1-3,5-7,10,18-21H,4,8-9,11-16H2,(H,28,29). The van der Waals surface area contributed by atoms with Gasteiger partial charge in [0.2, 0.25) is 5.91 Å². The van der Waals surface area contributed by atoms with Gasteiger partial charge in [-0.3, -0.25) is 9.59 Å². The zero-order chi connectivity index (χ0) is 20.7. The lowest BCUT2D eigenvalue weighted by Gasteiger charge is -2.32. The van der Waals surface area contributed by atoms with Crippen molar-refractivity contribution in [2.75, 3.05) is 32.7 Å². The van der Waals surface area contributed by atoms with E-state index in [0.717, 1.165) is 32.0 Å². The molecule has 1 aromatic rings. The zero-order valence-corrected chi connectivity index (χ0v) is 17.3. The molecular weight excluding hydrogens is 380 g/mol. The first-order chi connectivity index (χ1) is 14.6. The molecule has 1 aromatic carbocycles. The fourth-order valence-corrected chi connectivity index (χ4v) is 5.90. The molecule has 0 aliphatic carbocycles. The van der Waals surface area contributed by atoms with Crippen molar-refractivity contribution < 1.29 is 19.4 Å². The Kier molecular flexibility index (Phi) is 5.15. The molecule has 6 nitrogen and oxygen atoms in total. The van der Waals surface area contributed by atoms with Crippen LogP contribution in [0.2, 0.25) is 0 Å². The van der Waals surface area contributed by atoms with Crippen LogP contribution in [0.1, 0.15) is 24.8 Å². The highest BCUT2D eigenvalue weighted by Gasteiger charge is 2.66. The Morgan fingerprint density at radius 3 is 2.67 bits per heavy atom. The third kappa shape index (κ3) is 3.46. The average Bonchev–Trinajstić information content (AvgIpc) is 3.38. The topological polar surface area (TPSA) is 70.1 Å². The fraction of sp³-hybridized carbons (Fsp3) is 0.583. The van der Waals surface area contributed by atoms with Crippen molar-refractivity contribution in [3.05, 3.63) is 48.0 Å². The maximum absolute atomic E-state index is 12.9. The van der Waals surface area contributed by atoms with Crippen molar-refractivity contribution in [1.82, 2.24) is 9.80 Å². The summed E-state index contributed by atoms with van der Waals surface area (Å²) in [5.74, 6) is -1.51. The van der Waals surface area contributed by atoms with Crippen LogP contribution in [0.15, 0.2) is 42.5 Å². The van der Waals surface area contributed by atoms with E-state index in [1.54, 1.807) is 0 Å². The van der Waals surface area contributed by atoms with Gasteiger partial charge in [0.05, 0.1) is 18.6 Å². The molecule has 1 amide bonds. The number of carboxylic acids is 1. The van der Waals surface area contributed by atoms with Crippen molar-refractivity contribution >= 4 is 11.9 Å². The molecule has 6 heteroatoms. The summed E-state index contributed by atoms with van der Waals surface area (Å²) in [5.41, 5.74) is 0.721. The number of carbonyl (C=O) groups is 2. The van der Waals surface area contributed by atoms with E-state index >= 15 is 0 Å². The van der Waals surface area contributed by atoms with E-state index in [1.807, 2.05) is 17.1 Å². The van der Waals surface area contributed by atoms with E-state index in [1.165, 1.54) is 24.8 Å². The number of hydrogen-bond donors (Lipinski definition) is 1. The summed E-state index contributed by atoms with van der Waals surface area (Å²) in [6, 6.07) is 10.7. The number of rotatable bonds is 7. The van der Waals surface area contributed by atoms with Gasteiger partial charge in [0.25, 0.3) is 0 Å². The quantitative estimate of drug-likeness (QED) is 0.698. The van der Waals surface area contributed by atoms with E-state index in [2.05, 4.69) is 35.2 Å². The van der Waals surface area contributed by atoms with Gasteiger partial charge >= 0.3 is 5.97 Å². The lowest BCUT2D eigenvalue weighted by atomic mass is 9.77. The average molecular weight is 411 g/mol. The first-order valence-electron chi connectivity index (χ1n) is 11.2. The van der Waals surface area contributed by atoms with Gasteiger partial charge < -0.3 is 19.6 Å². The number of amides is 1. The van der Waals surface area contributed by atoms with Gasteiger partial charge in [0.1, 0.15) is 11.5 Å². The molecule has 3 fully saturated rings. The SMILES string of the molecule is O=C(O)C1C2C=CC3(CN(CCCN4CCC(Cc5ccccc5)CC4)C(=O)C13)O2. The first-order valence-corrected chi connectivity index (χ1v) is 11.2. The number of carbonyl (C=O) groups excluding carboxylic acids is 1. The Hall–Kier alpha value is -2.18. The number of likely N-dealkylation sites (tertiary alicyclic amines) is 2. The number of piperidine rings is 1. The number of fused-ring (bicyclic) bond motifs is 1. The zero-order valence-electron chi connectivity index (χ0n) is 17.3. The molecule has 2 bridgehead atoms. The van der Waals surface area contributed by atoms with Crippen LogP contribution in [0, 0.1) is 17.8 Å². The molecule has 1 spiro atoms. The van der Waals surface area contributed by atoms with Crippen molar-refractivity contribution in [3.63, 3.8) is 0 Å². The van der Waals surface area contributed by atoms with Crippen molar-refractivity contribution in [3.8, 4) is 0 Å². The van der Waals surface area contributed by atoms with Crippen LogP contribution in [0.3, 0.4) is 0 Å². The first kappa shape index (κ1) is 19.8. The summed E-state index contributed by atoms with van der Waals surface area (Å²) in [6.45, 7) is 4.39. The van der Waals surface area contributed by atoms with Crippen LogP contribution in [-0.2, 0) is 20.7 Å². The minimum absolute atomic E-state index is 0.0455. The molecule has 4 aliphatic rings. The van der Waals surface area contributed by atoms with Gasteiger partial charge in [-0.25, -0.2) is 0 Å². The van der Waals surface area contributed by atoms with Crippen molar-refractivity contribution in [2.45, 2.75) is 37.4 Å². The summed E-state index contributed by atoms with van der Waals surface area (Å²) in [5, 5.41) is 9.55. The summed E-state index contributed by atoms with van der Waals surface area (Å²) < 4.78 is 5.95. The highest BCUT2D eigenvalue weighted by atomic mass is 16.5. The number of benzene rings is 1. The summed E-state index contributed by atoms with van der Waals surface area (Å²) in [6.07, 6.45) is 7.84. The molecule has 4 unspecified atom stereocenters. The Bertz CT molecular complexity index is 833. The molecule has 4 heterocycles. The minimum Gasteiger partial charge on any atom is -0.481 e. The van der Waals surface area contributed by atoms with E-state index in [-0.39, 0.29) is 5.91 Å². The highest BCUT2D eigenvalue weighted by Crippen LogP contribution is 2.51.